The van der Waals surface area contributed by atoms with Crippen molar-refractivity contribution in [2.45, 2.75) is 33.8 Å². The van der Waals surface area contributed by atoms with E-state index in [1.54, 1.807) is 0 Å². The molecule has 1 aromatic carbocycles. The molecule has 0 aliphatic carbocycles. The van der Waals surface area contributed by atoms with E-state index in [0.29, 0.717) is 10.0 Å². The first-order valence-corrected chi connectivity index (χ1v) is 5.66. The van der Waals surface area contributed by atoms with Crippen LogP contribution in [0.4, 0.5) is 4.39 Å². The lowest BCUT2D eigenvalue weighted by Crippen LogP contribution is -2.19. The van der Waals surface area contributed by atoms with E-state index in [4.69, 9.17) is 0 Å². The monoisotopic (exact) mass is 274 g/mol. The van der Waals surface area contributed by atoms with Crippen LogP contribution in [0.2, 0.25) is 0 Å². The van der Waals surface area contributed by atoms with Gasteiger partial charge in [0.2, 0.25) is 0 Å². The van der Waals surface area contributed by atoms with Crippen LogP contribution in [0.1, 0.15) is 38.0 Å². The van der Waals surface area contributed by atoms with E-state index in [-0.39, 0.29) is 11.2 Å². The van der Waals surface area contributed by atoms with Crippen LogP contribution < -0.4 is 0 Å². The fourth-order valence-electron chi connectivity index (χ4n) is 1.41. The van der Waals surface area contributed by atoms with Crippen molar-refractivity contribution in [2.24, 2.45) is 5.41 Å². The zero-order valence-electron chi connectivity index (χ0n) is 9.44. The minimum Gasteiger partial charge on any atom is -0.388 e. The van der Waals surface area contributed by atoms with E-state index in [2.05, 4.69) is 15.9 Å². The van der Waals surface area contributed by atoms with Crippen LogP contribution in [0.25, 0.3) is 0 Å². The largest absolute Gasteiger partial charge is 0.388 e. The number of hydrogen-bond donors (Lipinski definition) is 1. The summed E-state index contributed by atoms with van der Waals surface area (Å²) in [5.74, 6) is -0.357. The minimum absolute atomic E-state index is 0.341. The van der Waals surface area contributed by atoms with Gasteiger partial charge in [-0.3, -0.25) is 0 Å². The molecule has 0 aliphatic rings. The minimum atomic E-state index is -0.813. The van der Waals surface area contributed by atoms with E-state index in [1.807, 2.05) is 33.8 Å². The van der Waals surface area contributed by atoms with Gasteiger partial charge >= 0.3 is 0 Å². The Kier molecular flexibility index (Phi) is 3.56. The second-order valence-corrected chi connectivity index (χ2v) is 5.77. The predicted octanol–water partition coefficient (Wildman–Crippen LogP) is 3.98. The third-order valence-electron chi connectivity index (χ3n) is 2.32. The molecule has 1 unspecified atom stereocenters. The fourth-order valence-corrected chi connectivity index (χ4v) is 2.17. The molecule has 3 heteroatoms. The summed E-state index contributed by atoms with van der Waals surface area (Å²) in [6.07, 6.45) is -0.813. The highest BCUT2D eigenvalue weighted by Gasteiger charge is 2.28. The lowest BCUT2D eigenvalue weighted by molar-refractivity contribution is 0.0588. The molecule has 0 aromatic heterocycles. The standard InChI is InChI=1S/C12H16BrFO/c1-7-5-8(13)10(9(14)6-7)11(15)12(2,3)4/h5-6,11,15H,1-4H3. The zero-order chi connectivity index (χ0) is 11.8. The van der Waals surface area contributed by atoms with Crippen LogP contribution >= 0.6 is 15.9 Å². The molecule has 1 aromatic rings. The summed E-state index contributed by atoms with van der Waals surface area (Å²) >= 11 is 3.29. The van der Waals surface area contributed by atoms with Gasteiger partial charge in [0.1, 0.15) is 5.82 Å². The van der Waals surface area contributed by atoms with Crippen LogP contribution in [-0.4, -0.2) is 5.11 Å². The number of hydrogen-bond acceptors (Lipinski definition) is 1. The molecule has 84 valence electrons. The molecule has 0 heterocycles. The van der Waals surface area contributed by atoms with Crippen molar-refractivity contribution in [3.05, 3.63) is 33.5 Å². The van der Waals surface area contributed by atoms with Crippen LogP contribution in [0.5, 0.6) is 0 Å². The molecule has 1 N–H and O–H groups in total. The van der Waals surface area contributed by atoms with Crippen LogP contribution in [0.3, 0.4) is 0 Å². The smallest absolute Gasteiger partial charge is 0.130 e. The molecule has 0 aliphatic heterocycles. The number of aliphatic hydroxyl groups excluding tert-OH is 1. The fraction of sp³-hybridized carbons (Fsp3) is 0.500. The Morgan fingerprint density at radius 1 is 1.33 bits per heavy atom. The SMILES string of the molecule is Cc1cc(F)c(C(O)C(C)(C)C)c(Br)c1. The van der Waals surface area contributed by atoms with Gasteiger partial charge in [-0.2, -0.15) is 0 Å². The summed E-state index contributed by atoms with van der Waals surface area (Å²) in [6, 6.07) is 3.25. The quantitative estimate of drug-likeness (QED) is 0.822. The first-order valence-electron chi connectivity index (χ1n) is 4.87. The molecule has 15 heavy (non-hydrogen) atoms. The van der Waals surface area contributed by atoms with Crippen molar-refractivity contribution in [3.8, 4) is 0 Å². The first kappa shape index (κ1) is 12.7. The van der Waals surface area contributed by atoms with E-state index in [9.17, 15) is 9.50 Å². The number of halogens is 2. The Hall–Kier alpha value is -0.410. The summed E-state index contributed by atoms with van der Waals surface area (Å²) in [5.41, 5.74) is 0.802. The molecule has 1 atom stereocenters. The van der Waals surface area contributed by atoms with Gasteiger partial charge in [-0.15, -0.1) is 0 Å². The molecule has 0 amide bonds. The maximum Gasteiger partial charge on any atom is 0.130 e. The average molecular weight is 275 g/mol. The third-order valence-corrected chi connectivity index (χ3v) is 2.97. The van der Waals surface area contributed by atoms with Gasteiger partial charge in [-0.1, -0.05) is 36.7 Å². The van der Waals surface area contributed by atoms with E-state index >= 15 is 0 Å². The number of benzene rings is 1. The Bertz CT molecular complexity index is 345. The van der Waals surface area contributed by atoms with E-state index in [1.165, 1.54) is 6.07 Å². The highest BCUT2D eigenvalue weighted by atomic mass is 79.9. The van der Waals surface area contributed by atoms with Crippen LogP contribution in [-0.2, 0) is 0 Å². The second-order valence-electron chi connectivity index (χ2n) is 4.91. The van der Waals surface area contributed by atoms with Crippen molar-refractivity contribution >= 4 is 15.9 Å². The molecule has 0 saturated carbocycles. The van der Waals surface area contributed by atoms with E-state index in [0.717, 1.165) is 5.56 Å². The lowest BCUT2D eigenvalue weighted by atomic mass is 9.84. The van der Waals surface area contributed by atoms with Crippen molar-refractivity contribution in [1.29, 1.82) is 0 Å². The molecule has 0 saturated heterocycles. The Labute approximate surface area is 98.4 Å². The zero-order valence-corrected chi connectivity index (χ0v) is 11.0. The molecule has 0 radical (unpaired) electrons. The third kappa shape index (κ3) is 2.79. The highest BCUT2D eigenvalue weighted by Crippen LogP contribution is 2.38. The molecule has 1 nitrogen and oxygen atoms in total. The summed E-state index contributed by atoms with van der Waals surface area (Å²) in [4.78, 5) is 0. The van der Waals surface area contributed by atoms with Crippen molar-refractivity contribution in [1.82, 2.24) is 0 Å². The molecule has 1 rings (SSSR count). The topological polar surface area (TPSA) is 20.2 Å². The van der Waals surface area contributed by atoms with Gasteiger partial charge in [0.05, 0.1) is 6.10 Å². The predicted molar refractivity (Wildman–Crippen MR) is 63.3 cm³/mol. The summed E-state index contributed by atoms with van der Waals surface area (Å²) < 4.78 is 14.3. The lowest BCUT2D eigenvalue weighted by Gasteiger charge is -2.27. The van der Waals surface area contributed by atoms with Crippen LogP contribution in [0.15, 0.2) is 16.6 Å². The Balaban J connectivity index is 3.26. The normalized spacial score (nSPS) is 14.1. The number of aliphatic hydroxyl groups is 1. The number of aryl methyl sites for hydroxylation is 1. The van der Waals surface area contributed by atoms with Crippen LogP contribution in [0, 0.1) is 18.2 Å². The number of rotatable bonds is 1. The van der Waals surface area contributed by atoms with Gasteiger partial charge in [-0.05, 0) is 30.0 Å². The van der Waals surface area contributed by atoms with Crippen molar-refractivity contribution in [3.63, 3.8) is 0 Å². The second kappa shape index (κ2) is 4.22. The Morgan fingerprint density at radius 3 is 2.27 bits per heavy atom. The maximum absolute atomic E-state index is 13.7. The molecular weight excluding hydrogens is 259 g/mol. The first-order chi connectivity index (χ1) is 6.73. The summed E-state index contributed by atoms with van der Waals surface area (Å²) in [6.45, 7) is 7.46. The average Bonchev–Trinajstić information content (AvgIpc) is 1.99. The van der Waals surface area contributed by atoms with Gasteiger partial charge in [0.25, 0.3) is 0 Å². The highest BCUT2D eigenvalue weighted by molar-refractivity contribution is 9.10. The van der Waals surface area contributed by atoms with Gasteiger partial charge in [-0.25, -0.2) is 4.39 Å². The molecule has 0 fully saturated rings. The van der Waals surface area contributed by atoms with Gasteiger partial charge < -0.3 is 5.11 Å². The van der Waals surface area contributed by atoms with Gasteiger partial charge in [0.15, 0.2) is 0 Å². The summed E-state index contributed by atoms with van der Waals surface area (Å²) in [5, 5.41) is 10.0. The van der Waals surface area contributed by atoms with Gasteiger partial charge in [0, 0.05) is 10.0 Å². The maximum atomic E-state index is 13.7. The molecule has 0 bridgehead atoms. The molecular formula is C12H16BrFO. The molecule has 0 spiro atoms. The Morgan fingerprint density at radius 2 is 1.87 bits per heavy atom. The van der Waals surface area contributed by atoms with E-state index < -0.39 is 6.10 Å². The van der Waals surface area contributed by atoms with Crippen molar-refractivity contribution < 1.29 is 9.50 Å². The summed E-state index contributed by atoms with van der Waals surface area (Å²) in [7, 11) is 0. The van der Waals surface area contributed by atoms with Crippen molar-refractivity contribution in [2.75, 3.05) is 0 Å².